The molecule has 1 aromatic heterocycles. The fourth-order valence-electron chi connectivity index (χ4n) is 2.24. The number of nitrogens with zero attached hydrogens (tertiary/aromatic N) is 3. The first kappa shape index (κ1) is 15.7. The molecule has 1 amide bonds. The quantitative estimate of drug-likeness (QED) is 0.835. The molecule has 0 aliphatic carbocycles. The number of aromatic nitrogens is 1. The predicted molar refractivity (Wildman–Crippen MR) is 81.2 cm³/mol. The van der Waals surface area contributed by atoms with Crippen LogP contribution in [-0.2, 0) is 11.2 Å². The summed E-state index contributed by atoms with van der Waals surface area (Å²) in [5, 5.41) is 0. The van der Waals surface area contributed by atoms with Crippen molar-refractivity contribution in [3.05, 3.63) is 24.0 Å². The molecule has 0 saturated carbocycles. The smallest absolute Gasteiger partial charge is 0.260 e. The molecule has 1 saturated heterocycles. The number of ether oxygens (including phenoxy) is 1. The Hall–Kier alpha value is -1.66. The lowest BCUT2D eigenvalue weighted by molar-refractivity contribution is -0.134. The standard InChI is InChI=1S/C15H24N4O2/c1-12(16)9-13-3-4-14(10-17-13)21-11-15(20)19-7-5-18(2)6-8-19/h3-4,10,12H,5-9,11,16H2,1-2H3. The number of hydrogen-bond donors (Lipinski definition) is 1. The van der Waals surface area contributed by atoms with E-state index >= 15 is 0 Å². The normalized spacial score (nSPS) is 17.6. The zero-order chi connectivity index (χ0) is 15.2. The van der Waals surface area contributed by atoms with Crippen molar-refractivity contribution in [1.82, 2.24) is 14.8 Å². The van der Waals surface area contributed by atoms with E-state index in [0.29, 0.717) is 5.75 Å². The molecule has 1 fully saturated rings. The number of carbonyl (C=O) groups is 1. The van der Waals surface area contributed by atoms with Gasteiger partial charge in [0.25, 0.3) is 5.91 Å². The molecule has 2 heterocycles. The molecule has 0 aromatic carbocycles. The first-order valence-corrected chi connectivity index (χ1v) is 7.34. The first-order chi connectivity index (χ1) is 10.0. The van der Waals surface area contributed by atoms with Gasteiger partial charge in [-0.3, -0.25) is 9.78 Å². The molecule has 2 N–H and O–H groups in total. The van der Waals surface area contributed by atoms with Crippen molar-refractivity contribution in [2.45, 2.75) is 19.4 Å². The highest BCUT2D eigenvalue weighted by Gasteiger charge is 2.19. The number of nitrogens with two attached hydrogens (primary N) is 1. The largest absolute Gasteiger partial charge is 0.482 e. The average Bonchev–Trinajstić information content (AvgIpc) is 2.46. The van der Waals surface area contributed by atoms with E-state index < -0.39 is 0 Å². The van der Waals surface area contributed by atoms with Gasteiger partial charge in [0.1, 0.15) is 5.75 Å². The Labute approximate surface area is 125 Å². The molecule has 0 radical (unpaired) electrons. The van der Waals surface area contributed by atoms with Crippen LogP contribution in [-0.4, -0.2) is 66.6 Å². The molecule has 0 spiro atoms. The molecule has 116 valence electrons. The summed E-state index contributed by atoms with van der Waals surface area (Å²) in [7, 11) is 2.06. The third kappa shape index (κ3) is 4.99. The second kappa shape index (κ2) is 7.38. The maximum absolute atomic E-state index is 12.0. The highest BCUT2D eigenvalue weighted by Crippen LogP contribution is 2.10. The van der Waals surface area contributed by atoms with Crippen LogP contribution in [0.25, 0.3) is 0 Å². The number of amides is 1. The van der Waals surface area contributed by atoms with E-state index in [2.05, 4.69) is 16.9 Å². The van der Waals surface area contributed by atoms with Gasteiger partial charge >= 0.3 is 0 Å². The van der Waals surface area contributed by atoms with Gasteiger partial charge in [-0.25, -0.2) is 0 Å². The number of carbonyl (C=O) groups excluding carboxylic acids is 1. The van der Waals surface area contributed by atoms with Crippen LogP contribution in [0.1, 0.15) is 12.6 Å². The SMILES string of the molecule is CC(N)Cc1ccc(OCC(=O)N2CCN(C)CC2)cn1. The molecule has 6 nitrogen and oxygen atoms in total. The van der Waals surface area contributed by atoms with E-state index in [9.17, 15) is 4.79 Å². The monoisotopic (exact) mass is 292 g/mol. The maximum Gasteiger partial charge on any atom is 0.260 e. The summed E-state index contributed by atoms with van der Waals surface area (Å²) in [6, 6.07) is 3.81. The predicted octanol–water partition coefficient (Wildman–Crippen LogP) is 0.124. The lowest BCUT2D eigenvalue weighted by Crippen LogP contribution is -2.48. The number of pyridine rings is 1. The molecule has 6 heteroatoms. The van der Waals surface area contributed by atoms with Gasteiger partial charge in [0, 0.05) is 44.3 Å². The molecule has 1 atom stereocenters. The Bertz CT molecular complexity index is 453. The Morgan fingerprint density at radius 1 is 1.38 bits per heavy atom. The van der Waals surface area contributed by atoms with Gasteiger partial charge < -0.3 is 20.3 Å². The lowest BCUT2D eigenvalue weighted by Gasteiger charge is -2.32. The van der Waals surface area contributed by atoms with E-state index in [4.69, 9.17) is 10.5 Å². The van der Waals surface area contributed by atoms with E-state index in [1.165, 1.54) is 0 Å². The van der Waals surface area contributed by atoms with Crippen LogP contribution in [0.4, 0.5) is 0 Å². The van der Waals surface area contributed by atoms with Gasteiger partial charge in [-0.05, 0) is 26.1 Å². The van der Waals surface area contributed by atoms with E-state index in [-0.39, 0.29) is 18.6 Å². The summed E-state index contributed by atoms with van der Waals surface area (Å²) in [4.78, 5) is 20.4. The number of hydrogen-bond acceptors (Lipinski definition) is 5. The van der Waals surface area contributed by atoms with Gasteiger partial charge in [0.2, 0.25) is 0 Å². The fraction of sp³-hybridized carbons (Fsp3) is 0.600. The first-order valence-electron chi connectivity index (χ1n) is 7.34. The van der Waals surface area contributed by atoms with Gasteiger partial charge in [-0.15, -0.1) is 0 Å². The van der Waals surface area contributed by atoms with Gasteiger partial charge in [-0.1, -0.05) is 0 Å². The van der Waals surface area contributed by atoms with E-state index in [0.717, 1.165) is 38.3 Å². The Morgan fingerprint density at radius 2 is 2.10 bits per heavy atom. The third-order valence-electron chi connectivity index (χ3n) is 3.55. The number of rotatable bonds is 5. The third-order valence-corrected chi connectivity index (χ3v) is 3.55. The van der Waals surface area contributed by atoms with Crippen LogP contribution in [0.5, 0.6) is 5.75 Å². The minimum atomic E-state index is 0.0303. The molecular formula is C15H24N4O2. The molecule has 2 rings (SSSR count). The Kier molecular flexibility index (Phi) is 5.52. The van der Waals surface area contributed by atoms with Crippen molar-refractivity contribution < 1.29 is 9.53 Å². The van der Waals surface area contributed by atoms with Crippen molar-refractivity contribution in [3.8, 4) is 5.75 Å². The molecule has 1 aliphatic rings. The van der Waals surface area contributed by atoms with Gasteiger partial charge in [0.15, 0.2) is 6.61 Å². The van der Waals surface area contributed by atoms with Gasteiger partial charge in [-0.2, -0.15) is 0 Å². The molecule has 0 bridgehead atoms. The Morgan fingerprint density at radius 3 is 2.67 bits per heavy atom. The minimum absolute atomic E-state index is 0.0303. The van der Waals surface area contributed by atoms with Crippen molar-refractivity contribution >= 4 is 5.91 Å². The van der Waals surface area contributed by atoms with Crippen LogP contribution in [0.15, 0.2) is 18.3 Å². The second-order valence-corrected chi connectivity index (χ2v) is 5.64. The van der Waals surface area contributed by atoms with Crippen LogP contribution < -0.4 is 10.5 Å². The Balaban J connectivity index is 1.78. The van der Waals surface area contributed by atoms with Crippen LogP contribution in [0.3, 0.4) is 0 Å². The van der Waals surface area contributed by atoms with E-state index in [1.807, 2.05) is 24.0 Å². The van der Waals surface area contributed by atoms with Crippen LogP contribution >= 0.6 is 0 Å². The highest BCUT2D eigenvalue weighted by atomic mass is 16.5. The summed E-state index contributed by atoms with van der Waals surface area (Å²) in [6.07, 6.45) is 2.38. The summed E-state index contributed by atoms with van der Waals surface area (Å²) in [5.74, 6) is 0.647. The highest BCUT2D eigenvalue weighted by molar-refractivity contribution is 5.77. The lowest BCUT2D eigenvalue weighted by atomic mass is 10.2. The van der Waals surface area contributed by atoms with Crippen LogP contribution in [0, 0.1) is 0 Å². The number of piperazine rings is 1. The zero-order valence-electron chi connectivity index (χ0n) is 12.8. The molecule has 1 aliphatic heterocycles. The van der Waals surface area contributed by atoms with Crippen molar-refractivity contribution in [1.29, 1.82) is 0 Å². The molecule has 21 heavy (non-hydrogen) atoms. The summed E-state index contributed by atoms with van der Waals surface area (Å²) in [6.45, 7) is 5.38. The van der Waals surface area contributed by atoms with Gasteiger partial charge in [0.05, 0.1) is 6.20 Å². The topological polar surface area (TPSA) is 71.7 Å². The molecule has 1 unspecified atom stereocenters. The maximum atomic E-state index is 12.0. The molecule has 1 aromatic rings. The summed E-state index contributed by atoms with van der Waals surface area (Å²) >= 11 is 0. The number of likely N-dealkylation sites (N-methyl/N-ethyl adjacent to an activating group) is 1. The van der Waals surface area contributed by atoms with E-state index in [1.54, 1.807) is 6.20 Å². The van der Waals surface area contributed by atoms with Crippen molar-refractivity contribution in [2.24, 2.45) is 5.73 Å². The minimum Gasteiger partial charge on any atom is -0.482 e. The zero-order valence-corrected chi connectivity index (χ0v) is 12.8. The average molecular weight is 292 g/mol. The second-order valence-electron chi connectivity index (χ2n) is 5.64. The summed E-state index contributed by atoms with van der Waals surface area (Å²) < 4.78 is 5.51. The van der Waals surface area contributed by atoms with Crippen LogP contribution in [0.2, 0.25) is 0 Å². The summed E-state index contributed by atoms with van der Waals surface area (Å²) in [5.41, 5.74) is 6.66. The fourth-order valence-corrected chi connectivity index (χ4v) is 2.24. The van der Waals surface area contributed by atoms with Crippen molar-refractivity contribution in [2.75, 3.05) is 39.8 Å². The molecular weight excluding hydrogens is 268 g/mol. The van der Waals surface area contributed by atoms with Crippen molar-refractivity contribution in [3.63, 3.8) is 0 Å².